The molecule has 4 bridgehead atoms. The molecule has 0 radical (unpaired) electrons. The summed E-state index contributed by atoms with van der Waals surface area (Å²) in [5.74, 6) is 4.00. The van der Waals surface area contributed by atoms with Crippen LogP contribution in [0, 0.1) is 30.1 Å². The van der Waals surface area contributed by atoms with E-state index in [1.54, 1.807) is 0 Å². The third kappa shape index (κ3) is 1.55. The molecule has 4 heteroatoms. The lowest BCUT2D eigenvalue weighted by molar-refractivity contribution is -0.102. The normalized spacial score (nSPS) is 43.4. The molecule has 4 nitrogen and oxygen atoms in total. The minimum Gasteiger partial charge on any atom is -0.337 e. The second kappa shape index (κ2) is 3.60. The highest BCUT2D eigenvalue weighted by Gasteiger charge is 2.59. The summed E-state index contributed by atoms with van der Waals surface area (Å²) < 4.78 is 5.43. The number of aryl methyl sites for hydroxylation is 1. The molecule has 0 aliphatic heterocycles. The van der Waals surface area contributed by atoms with Crippen molar-refractivity contribution in [3.05, 3.63) is 11.7 Å². The van der Waals surface area contributed by atoms with Crippen molar-refractivity contribution < 1.29 is 4.52 Å². The Balaban J connectivity index is 1.74. The van der Waals surface area contributed by atoms with Gasteiger partial charge in [0, 0.05) is 0 Å². The van der Waals surface area contributed by atoms with Crippen LogP contribution in [0.4, 0.5) is 0 Å². The topological polar surface area (TPSA) is 64.9 Å². The Bertz CT molecular complexity index is 470. The number of hydrogen-bond acceptors (Lipinski definition) is 4. The van der Waals surface area contributed by atoms with Crippen LogP contribution in [0.25, 0.3) is 0 Å². The maximum atomic E-state index is 6.75. The van der Waals surface area contributed by atoms with E-state index in [4.69, 9.17) is 10.3 Å². The van der Waals surface area contributed by atoms with E-state index in [0.29, 0.717) is 11.7 Å². The van der Waals surface area contributed by atoms with E-state index < -0.39 is 5.54 Å². The summed E-state index contributed by atoms with van der Waals surface area (Å²) in [6, 6.07) is 0. The van der Waals surface area contributed by atoms with Gasteiger partial charge < -0.3 is 10.3 Å². The molecule has 4 saturated carbocycles. The molecule has 4 aliphatic rings. The molecule has 4 fully saturated rings. The third-order valence-corrected chi connectivity index (χ3v) is 6.11. The van der Waals surface area contributed by atoms with E-state index in [-0.39, 0.29) is 5.41 Å². The van der Waals surface area contributed by atoms with Gasteiger partial charge in [0.1, 0.15) is 0 Å². The van der Waals surface area contributed by atoms with Crippen LogP contribution in [0.3, 0.4) is 0 Å². The fourth-order valence-electron chi connectivity index (χ4n) is 5.48. The molecule has 104 valence electrons. The quantitative estimate of drug-likeness (QED) is 0.889. The molecule has 4 aliphatic carbocycles. The van der Waals surface area contributed by atoms with E-state index in [1.165, 1.54) is 38.5 Å². The molecule has 0 aromatic carbocycles. The third-order valence-electron chi connectivity index (χ3n) is 6.11. The second-order valence-corrected chi connectivity index (χ2v) is 7.55. The van der Waals surface area contributed by atoms with Gasteiger partial charge in [0.15, 0.2) is 5.82 Å². The number of nitrogens with two attached hydrogens (primary N) is 1. The van der Waals surface area contributed by atoms with Crippen molar-refractivity contribution in [3.63, 3.8) is 0 Å². The zero-order valence-corrected chi connectivity index (χ0v) is 11.9. The maximum absolute atomic E-state index is 6.75. The van der Waals surface area contributed by atoms with Crippen LogP contribution in [0.2, 0.25) is 0 Å². The Hall–Kier alpha value is -0.900. The number of nitrogens with zero attached hydrogens (tertiary/aromatic N) is 2. The minimum absolute atomic E-state index is 0.195. The summed E-state index contributed by atoms with van der Waals surface area (Å²) >= 11 is 0. The van der Waals surface area contributed by atoms with Crippen molar-refractivity contribution in [3.8, 4) is 0 Å². The predicted molar refractivity (Wildman–Crippen MR) is 71.2 cm³/mol. The largest absolute Gasteiger partial charge is 0.337 e. The van der Waals surface area contributed by atoms with Crippen LogP contribution < -0.4 is 5.73 Å². The van der Waals surface area contributed by atoms with E-state index in [9.17, 15) is 0 Å². The predicted octanol–water partition coefficient (Wildman–Crippen LogP) is 2.77. The first-order valence-corrected chi connectivity index (χ1v) is 7.58. The van der Waals surface area contributed by atoms with Crippen LogP contribution in [0.5, 0.6) is 0 Å². The van der Waals surface area contributed by atoms with Crippen molar-refractivity contribution in [2.24, 2.45) is 28.9 Å². The van der Waals surface area contributed by atoms with Crippen LogP contribution in [0.1, 0.15) is 57.2 Å². The molecule has 2 N–H and O–H groups in total. The van der Waals surface area contributed by atoms with Gasteiger partial charge in [-0.25, -0.2) is 0 Å². The zero-order valence-electron chi connectivity index (χ0n) is 11.9. The number of hydrogen-bond donors (Lipinski definition) is 1. The van der Waals surface area contributed by atoms with Gasteiger partial charge in [0.2, 0.25) is 5.89 Å². The second-order valence-electron chi connectivity index (χ2n) is 7.55. The van der Waals surface area contributed by atoms with Crippen molar-refractivity contribution in [2.75, 3.05) is 0 Å². The Morgan fingerprint density at radius 2 is 1.68 bits per heavy atom. The van der Waals surface area contributed by atoms with E-state index in [0.717, 1.165) is 17.8 Å². The van der Waals surface area contributed by atoms with Crippen molar-refractivity contribution in [1.82, 2.24) is 10.1 Å². The average molecular weight is 261 g/mol. The standard InChI is InChI=1S/C15H23N3O/c1-9-17-13(19-18-9)14(2,16)15-6-10-3-11(7-15)5-12(4-10)8-15/h10-12H,3-8,16H2,1-2H3. The molecule has 5 rings (SSSR count). The Kier molecular flexibility index (Phi) is 2.25. The van der Waals surface area contributed by atoms with Crippen LogP contribution in [0.15, 0.2) is 4.52 Å². The summed E-state index contributed by atoms with van der Waals surface area (Å²) in [5, 5.41) is 3.94. The molecule has 1 unspecified atom stereocenters. The summed E-state index contributed by atoms with van der Waals surface area (Å²) in [7, 11) is 0. The molecule has 1 atom stereocenters. The fourth-order valence-corrected chi connectivity index (χ4v) is 5.48. The molecular formula is C15H23N3O. The van der Waals surface area contributed by atoms with Gasteiger partial charge in [-0.1, -0.05) is 5.16 Å². The van der Waals surface area contributed by atoms with Gasteiger partial charge in [-0.3, -0.25) is 0 Å². The van der Waals surface area contributed by atoms with Gasteiger partial charge in [-0.15, -0.1) is 0 Å². The van der Waals surface area contributed by atoms with Crippen molar-refractivity contribution >= 4 is 0 Å². The summed E-state index contributed by atoms with van der Waals surface area (Å²) in [6.07, 6.45) is 8.06. The summed E-state index contributed by atoms with van der Waals surface area (Å²) in [6.45, 7) is 3.98. The molecular weight excluding hydrogens is 238 g/mol. The molecule has 1 heterocycles. The molecule has 1 aromatic heterocycles. The zero-order chi connectivity index (χ0) is 13.3. The number of aromatic nitrogens is 2. The first-order valence-electron chi connectivity index (χ1n) is 7.58. The highest BCUT2D eigenvalue weighted by molar-refractivity contribution is 5.15. The molecule has 19 heavy (non-hydrogen) atoms. The lowest BCUT2D eigenvalue weighted by atomic mass is 9.45. The van der Waals surface area contributed by atoms with Gasteiger partial charge in [-0.2, -0.15) is 4.98 Å². The van der Waals surface area contributed by atoms with Gasteiger partial charge >= 0.3 is 0 Å². The molecule has 0 amide bonds. The van der Waals surface area contributed by atoms with Gasteiger partial charge in [0.25, 0.3) is 0 Å². The summed E-state index contributed by atoms with van der Waals surface area (Å²) in [5.41, 5.74) is 6.48. The van der Waals surface area contributed by atoms with E-state index in [2.05, 4.69) is 17.1 Å². The van der Waals surface area contributed by atoms with E-state index in [1.807, 2.05) is 6.92 Å². The minimum atomic E-state index is -0.468. The molecule has 0 saturated heterocycles. The lowest BCUT2D eigenvalue weighted by Gasteiger charge is -2.61. The van der Waals surface area contributed by atoms with E-state index >= 15 is 0 Å². The fraction of sp³-hybridized carbons (Fsp3) is 0.867. The smallest absolute Gasteiger partial charge is 0.246 e. The average Bonchev–Trinajstić information content (AvgIpc) is 2.74. The Labute approximate surface area is 114 Å². The first kappa shape index (κ1) is 11.9. The number of rotatable bonds is 2. The lowest BCUT2D eigenvalue weighted by Crippen LogP contribution is -2.59. The SMILES string of the molecule is Cc1noc(C(C)(N)C23CC4CC(CC(C4)C2)C3)n1. The van der Waals surface area contributed by atoms with Crippen LogP contribution in [-0.4, -0.2) is 10.1 Å². The monoisotopic (exact) mass is 261 g/mol. The van der Waals surface area contributed by atoms with Crippen LogP contribution >= 0.6 is 0 Å². The maximum Gasteiger partial charge on any atom is 0.246 e. The highest BCUT2D eigenvalue weighted by Crippen LogP contribution is 2.64. The van der Waals surface area contributed by atoms with Crippen molar-refractivity contribution in [1.29, 1.82) is 0 Å². The first-order chi connectivity index (χ1) is 8.98. The van der Waals surface area contributed by atoms with Crippen molar-refractivity contribution in [2.45, 2.75) is 57.9 Å². The van der Waals surface area contributed by atoms with Crippen LogP contribution in [-0.2, 0) is 5.54 Å². The van der Waals surface area contributed by atoms with Gasteiger partial charge in [0.05, 0.1) is 5.54 Å². The molecule has 1 aromatic rings. The highest BCUT2D eigenvalue weighted by atomic mass is 16.5. The Morgan fingerprint density at radius 3 is 2.11 bits per heavy atom. The Morgan fingerprint density at radius 1 is 1.16 bits per heavy atom. The summed E-state index contributed by atoms with van der Waals surface area (Å²) in [4.78, 5) is 4.44. The molecule has 0 spiro atoms. The van der Waals surface area contributed by atoms with Gasteiger partial charge in [-0.05, 0) is 75.5 Å².